The highest BCUT2D eigenvalue weighted by atomic mass is 19.1. The summed E-state index contributed by atoms with van der Waals surface area (Å²) in [7, 11) is 0. The second-order valence-corrected chi connectivity index (χ2v) is 7.38. The van der Waals surface area contributed by atoms with Gasteiger partial charge in [-0.2, -0.15) is 14.5 Å². The Morgan fingerprint density at radius 3 is 2.21 bits per heavy atom. The van der Waals surface area contributed by atoms with E-state index in [1.807, 2.05) is 24.3 Å². The molecule has 0 radical (unpaired) electrons. The van der Waals surface area contributed by atoms with Gasteiger partial charge in [-0.25, -0.2) is 9.67 Å². The van der Waals surface area contributed by atoms with Crippen LogP contribution in [0.5, 0.6) is 11.6 Å². The third kappa shape index (κ3) is 3.74. The van der Waals surface area contributed by atoms with Crippen LogP contribution in [0.4, 0.5) is 4.39 Å². The van der Waals surface area contributed by atoms with Gasteiger partial charge < -0.3 is 4.74 Å². The maximum absolute atomic E-state index is 14.7. The van der Waals surface area contributed by atoms with Gasteiger partial charge in [-0.3, -0.25) is 0 Å². The molecular formula is C23H21FN4O. The zero-order chi connectivity index (χ0) is 20.4. The third-order valence-corrected chi connectivity index (χ3v) is 5.02. The summed E-state index contributed by atoms with van der Waals surface area (Å²) in [6.07, 6.45) is 4.41. The van der Waals surface area contributed by atoms with Crippen molar-refractivity contribution in [2.24, 2.45) is 0 Å². The molecule has 6 heteroatoms. The summed E-state index contributed by atoms with van der Waals surface area (Å²) in [6.45, 7) is 6.43. The first-order chi connectivity index (χ1) is 13.9. The van der Waals surface area contributed by atoms with Crippen LogP contribution < -0.4 is 4.74 Å². The monoisotopic (exact) mass is 388 g/mol. The molecule has 2 aromatic heterocycles. The average molecular weight is 388 g/mol. The van der Waals surface area contributed by atoms with Crippen molar-refractivity contribution in [3.05, 3.63) is 95.8 Å². The van der Waals surface area contributed by atoms with Crippen molar-refractivity contribution in [3.63, 3.8) is 0 Å². The SMILES string of the molecule is Cc1ccc(C(C)(C)c2ccc(Oc3ncnc(-n4cccn4)c3F)cc2)cc1. The van der Waals surface area contributed by atoms with Crippen molar-refractivity contribution in [2.75, 3.05) is 0 Å². The van der Waals surface area contributed by atoms with Gasteiger partial charge in [0, 0.05) is 17.8 Å². The predicted octanol–water partition coefficient (Wildman–Crippen LogP) is 5.23. The number of ether oxygens (including phenoxy) is 1. The second kappa shape index (κ2) is 7.47. The normalized spacial score (nSPS) is 11.4. The van der Waals surface area contributed by atoms with Crippen molar-refractivity contribution in [3.8, 4) is 17.4 Å². The Kier molecular flexibility index (Phi) is 4.84. The van der Waals surface area contributed by atoms with E-state index in [2.05, 4.69) is 60.1 Å². The van der Waals surface area contributed by atoms with Crippen LogP contribution in [-0.4, -0.2) is 19.7 Å². The fraction of sp³-hybridized carbons (Fsp3) is 0.174. The lowest BCUT2D eigenvalue weighted by Crippen LogP contribution is -2.18. The summed E-state index contributed by atoms with van der Waals surface area (Å²) >= 11 is 0. The molecule has 2 heterocycles. The highest BCUT2D eigenvalue weighted by Crippen LogP contribution is 2.33. The Hall–Kier alpha value is -3.54. The molecule has 29 heavy (non-hydrogen) atoms. The van der Waals surface area contributed by atoms with E-state index >= 15 is 0 Å². The molecule has 0 fully saturated rings. The van der Waals surface area contributed by atoms with Crippen LogP contribution >= 0.6 is 0 Å². The molecule has 0 unspecified atom stereocenters. The van der Waals surface area contributed by atoms with Crippen LogP contribution in [0.25, 0.3) is 5.82 Å². The number of aromatic nitrogens is 4. The summed E-state index contributed by atoms with van der Waals surface area (Å²) in [5.74, 6) is -0.272. The van der Waals surface area contributed by atoms with E-state index in [1.165, 1.54) is 22.1 Å². The van der Waals surface area contributed by atoms with Crippen LogP contribution in [0.2, 0.25) is 0 Å². The lowest BCUT2D eigenvalue weighted by Gasteiger charge is -2.26. The summed E-state index contributed by atoms with van der Waals surface area (Å²) < 4.78 is 21.7. The van der Waals surface area contributed by atoms with Gasteiger partial charge in [-0.1, -0.05) is 55.8 Å². The van der Waals surface area contributed by atoms with Crippen LogP contribution in [-0.2, 0) is 5.41 Å². The maximum atomic E-state index is 14.7. The van der Waals surface area contributed by atoms with E-state index in [-0.39, 0.29) is 17.1 Å². The van der Waals surface area contributed by atoms with Gasteiger partial charge in [-0.05, 0) is 36.2 Å². The molecule has 0 saturated heterocycles. The lowest BCUT2D eigenvalue weighted by atomic mass is 9.78. The molecule has 0 amide bonds. The Balaban J connectivity index is 1.58. The summed E-state index contributed by atoms with van der Waals surface area (Å²) in [4.78, 5) is 7.87. The zero-order valence-corrected chi connectivity index (χ0v) is 16.5. The summed E-state index contributed by atoms with van der Waals surface area (Å²) in [5, 5.41) is 4.00. The molecule has 0 saturated carbocycles. The first-order valence-corrected chi connectivity index (χ1v) is 9.31. The molecule has 4 aromatic rings. The van der Waals surface area contributed by atoms with E-state index in [0.717, 1.165) is 5.56 Å². The molecule has 0 atom stereocenters. The Bertz CT molecular complexity index is 1100. The van der Waals surface area contributed by atoms with Crippen molar-refractivity contribution in [2.45, 2.75) is 26.2 Å². The third-order valence-electron chi connectivity index (χ3n) is 5.02. The maximum Gasteiger partial charge on any atom is 0.261 e. The first-order valence-electron chi connectivity index (χ1n) is 9.31. The quantitative estimate of drug-likeness (QED) is 0.470. The molecule has 0 aliphatic heterocycles. The Morgan fingerprint density at radius 1 is 0.931 bits per heavy atom. The molecule has 5 nitrogen and oxygen atoms in total. The van der Waals surface area contributed by atoms with E-state index in [9.17, 15) is 4.39 Å². The van der Waals surface area contributed by atoms with Crippen LogP contribution in [0, 0.1) is 12.7 Å². The largest absolute Gasteiger partial charge is 0.436 e. The van der Waals surface area contributed by atoms with Gasteiger partial charge in [0.2, 0.25) is 5.82 Å². The van der Waals surface area contributed by atoms with Crippen molar-refractivity contribution >= 4 is 0 Å². The van der Waals surface area contributed by atoms with Gasteiger partial charge in [0.1, 0.15) is 12.1 Å². The molecule has 4 rings (SSSR count). The van der Waals surface area contributed by atoms with E-state index in [0.29, 0.717) is 5.75 Å². The molecule has 0 spiro atoms. The number of aryl methyl sites for hydroxylation is 1. The second-order valence-electron chi connectivity index (χ2n) is 7.38. The highest BCUT2D eigenvalue weighted by molar-refractivity contribution is 5.42. The average Bonchev–Trinajstić information content (AvgIpc) is 3.25. The van der Waals surface area contributed by atoms with Crippen LogP contribution in [0.1, 0.15) is 30.5 Å². The fourth-order valence-electron chi connectivity index (χ4n) is 3.16. The minimum Gasteiger partial charge on any atom is -0.436 e. The van der Waals surface area contributed by atoms with Crippen molar-refractivity contribution in [1.82, 2.24) is 19.7 Å². The van der Waals surface area contributed by atoms with Gasteiger partial charge in [-0.15, -0.1) is 0 Å². The standard InChI is InChI=1S/C23H21FN4O/c1-16-5-7-17(8-6-16)23(2,3)18-9-11-19(12-10-18)29-22-20(24)21(25-15-26-22)28-14-4-13-27-28/h4-15H,1-3H3. The number of hydrogen-bond donors (Lipinski definition) is 0. The molecule has 146 valence electrons. The summed E-state index contributed by atoms with van der Waals surface area (Å²) in [6, 6.07) is 17.8. The molecular weight excluding hydrogens is 367 g/mol. The van der Waals surface area contributed by atoms with Gasteiger partial charge >= 0.3 is 0 Å². The van der Waals surface area contributed by atoms with Crippen molar-refractivity contribution in [1.29, 1.82) is 0 Å². The van der Waals surface area contributed by atoms with E-state index in [1.54, 1.807) is 18.5 Å². The Labute approximate surface area is 168 Å². The zero-order valence-electron chi connectivity index (χ0n) is 16.5. The van der Waals surface area contributed by atoms with Gasteiger partial charge in [0.15, 0.2) is 5.82 Å². The number of nitrogens with zero attached hydrogens (tertiary/aromatic N) is 4. The van der Waals surface area contributed by atoms with Crippen LogP contribution in [0.15, 0.2) is 73.3 Å². The molecule has 0 aliphatic carbocycles. The smallest absolute Gasteiger partial charge is 0.261 e. The van der Waals surface area contributed by atoms with Gasteiger partial charge in [0.25, 0.3) is 5.88 Å². The van der Waals surface area contributed by atoms with E-state index in [4.69, 9.17) is 4.74 Å². The fourth-order valence-corrected chi connectivity index (χ4v) is 3.16. The molecule has 2 aromatic carbocycles. The van der Waals surface area contributed by atoms with Crippen molar-refractivity contribution < 1.29 is 9.13 Å². The lowest BCUT2D eigenvalue weighted by molar-refractivity contribution is 0.416. The predicted molar refractivity (Wildman–Crippen MR) is 109 cm³/mol. The molecule has 0 bridgehead atoms. The number of hydrogen-bond acceptors (Lipinski definition) is 4. The Morgan fingerprint density at radius 2 is 1.59 bits per heavy atom. The highest BCUT2D eigenvalue weighted by Gasteiger charge is 2.23. The van der Waals surface area contributed by atoms with Crippen LogP contribution in [0.3, 0.4) is 0 Å². The topological polar surface area (TPSA) is 52.8 Å². The number of halogens is 1. The number of benzene rings is 2. The minimum absolute atomic E-state index is 0.0390. The minimum atomic E-state index is -0.666. The van der Waals surface area contributed by atoms with E-state index < -0.39 is 5.82 Å². The number of rotatable bonds is 5. The van der Waals surface area contributed by atoms with Gasteiger partial charge in [0.05, 0.1) is 0 Å². The first kappa shape index (κ1) is 18.8. The summed E-state index contributed by atoms with van der Waals surface area (Å²) in [5.41, 5.74) is 3.42. The molecule has 0 aliphatic rings. The molecule has 0 N–H and O–H groups in total.